The summed E-state index contributed by atoms with van der Waals surface area (Å²) in [6.07, 6.45) is 0.934. The predicted molar refractivity (Wildman–Crippen MR) is 61.3 cm³/mol. The van der Waals surface area contributed by atoms with E-state index in [0.29, 0.717) is 11.8 Å². The van der Waals surface area contributed by atoms with Gasteiger partial charge in [-0.2, -0.15) is 0 Å². The van der Waals surface area contributed by atoms with Gasteiger partial charge in [0.25, 0.3) is 0 Å². The van der Waals surface area contributed by atoms with E-state index in [1.165, 1.54) is 5.56 Å². The van der Waals surface area contributed by atoms with Crippen LogP contribution in [-0.4, -0.2) is 27.0 Å². The summed E-state index contributed by atoms with van der Waals surface area (Å²) in [7, 11) is 3.59. The first-order valence-electron chi connectivity index (χ1n) is 5.38. The van der Waals surface area contributed by atoms with Gasteiger partial charge in [0.15, 0.2) is 11.5 Å². The zero-order valence-corrected chi connectivity index (χ0v) is 9.87. The van der Waals surface area contributed by atoms with Crippen molar-refractivity contribution in [3.05, 3.63) is 17.7 Å². The third-order valence-electron chi connectivity index (χ3n) is 2.75. The molecular formula is C12H17NO3. The Morgan fingerprint density at radius 2 is 2.25 bits per heavy atom. The van der Waals surface area contributed by atoms with Crippen LogP contribution in [0, 0.1) is 0 Å². The summed E-state index contributed by atoms with van der Waals surface area (Å²) in [5, 5.41) is 3.21. The van der Waals surface area contributed by atoms with Gasteiger partial charge in [-0.05, 0) is 38.1 Å². The first-order valence-corrected chi connectivity index (χ1v) is 5.38. The lowest BCUT2D eigenvalue weighted by molar-refractivity contribution is 0.171. The highest BCUT2D eigenvalue weighted by molar-refractivity contribution is 5.55. The normalized spacial score (nSPS) is 14.9. The first-order chi connectivity index (χ1) is 7.74. The van der Waals surface area contributed by atoms with Crippen LogP contribution >= 0.6 is 0 Å². The highest BCUT2D eigenvalue weighted by Crippen LogP contribution is 2.41. The van der Waals surface area contributed by atoms with E-state index in [-0.39, 0.29) is 6.79 Å². The average molecular weight is 223 g/mol. The van der Waals surface area contributed by atoms with Gasteiger partial charge < -0.3 is 19.5 Å². The van der Waals surface area contributed by atoms with Crippen molar-refractivity contribution in [1.29, 1.82) is 0 Å². The fourth-order valence-corrected chi connectivity index (χ4v) is 1.76. The van der Waals surface area contributed by atoms with E-state index in [0.717, 1.165) is 17.9 Å². The average Bonchev–Trinajstić information content (AvgIpc) is 2.75. The molecule has 0 bridgehead atoms. The molecule has 1 heterocycles. The number of likely N-dealkylation sites (N-methyl/N-ethyl adjacent to an activating group) is 1. The number of hydrogen-bond donors (Lipinski definition) is 1. The molecule has 1 atom stereocenters. The van der Waals surface area contributed by atoms with Crippen LogP contribution in [0.1, 0.15) is 12.5 Å². The Morgan fingerprint density at radius 3 is 2.94 bits per heavy atom. The summed E-state index contributed by atoms with van der Waals surface area (Å²) < 4.78 is 16.0. The summed E-state index contributed by atoms with van der Waals surface area (Å²) >= 11 is 0. The van der Waals surface area contributed by atoms with Gasteiger partial charge in [0.05, 0.1) is 7.11 Å². The fraction of sp³-hybridized carbons (Fsp3) is 0.500. The Kier molecular flexibility index (Phi) is 3.19. The number of benzene rings is 1. The largest absolute Gasteiger partial charge is 0.493 e. The van der Waals surface area contributed by atoms with Crippen LogP contribution in [0.5, 0.6) is 17.2 Å². The molecule has 16 heavy (non-hydrogen) atoms. The molecule has 0 fully saturated rings. The Morgan fingerprint density at radius 1 is 1.44 bits per heavy atom. The third kappa shape index (κ3) is 2.07. The Bertz CT molecular complexity index is 379. The summed E-state index contributed by atoms with van der Waals surface area (Å²) in [5.41, 5.74) is 1.18. The molecule has 0 spiro atoms. The van der Waals surface area contributed by atoms with Crippen molar-refractivity contribution in [1.82, 2.24) is 5.32 Å². The molecule has 1 aliphatic rings. The predicted octanol–water partition coefficient (Wildman–Crippen LogP) is 1.57. The highest BCUT2D eigenvalue weighted by Gasteiger charge is 2.20. The molecule has 0 aromatic heterocycles. The number of ether oxygens (including phenoxy) is 3. The Hall–Kier alpha value is -1.42. The summed E-state index contributed by atoms with van der Waals surface area (Å²) in [4.78, 5) is 0. The van der Waals surface area contributed by atoms with Crippen molar-refractivity contribution in [2.45, 2.75) is 19.4 Å². The van der Waals surface area contributed by atoms with Crippen LogP contribution in [0.2, 0.25) is 0 Å². The zero-order chi connectivity index (χ0) is 11.5. The van der Waals surface area contributed by atoms with Crippen molar-refractivity contribution in [2.24, 2.45) is 0 Å². The molecule has 4 nitrogen and oxygen atoms in total. The van der Waals surface area contributed by atoms with Gasteiger partial charge >= 0.3 is 0 Å². The van der Waals surface area contributed by atoms with E-state index in [1.54, 1.807) is 7.11 Å². The monoisotopic (exact) mass is 223 g/mol. The second-order valence-electron chi connectivity index (χ2n) is 3.93. The number of methoxy groups -OCH3 is 1. The molecule has 2 rings (SSSR count). The van der Waals surface area contributed by atoms with E-state index in [2.05, 4.69) is 12.2 Å². The van der Waals surface area contributed by atoms with Crippen molar-refractivity contribution in [3.8, 4) is 17.2 Å². The van der Waals surface area contributed by atoms with Crippen LogP contribution in [0.25, 0.3) is 0 Å². The number of fused-ring (bicyclic) bond motifs is 1. The molecule has 4 heteroatoms. The van der Waals surface area contributed by atoms with Crippen molar-refractivity contribution < 1.29 is 14.2 Å². The molecule has 0 amide bonds. The second kappa shape index (κ2) is 4.61. The maximum atomic E-state index is 5.37. The molecule has 1 N–H and O–H groups in total. The molecular weight excluding hydrogens is 206 g/mol. The number of hydrogen-bond acceptors (Lipinski definition) is 4. The van der Waals surface area contributed by atoms with Gasteiger partial charge in [-0.15, -0.1) is 0 Å². The van der Waals surface area contributed by atoms with E-state index in [9.17, 15) is 0 Å². The van der Waals surface area contributed by atoms with Gasteiger partial charge in [-0.1, -0.05) is 0 Å². The minimum Gasteiger partial charge on any atom is -0.493 e. The quantitative estimate of drug-likeness (QED) is 0.841. The second-order valence-corrected chi connectivity index (χ2v) is 3.93. The molecule has 0 saturated heterocycles. The molecule has 1 aromatic rings. The maximum Gasteiger partial charge on any atom is 0.231 e. The molecule has 1 aromatic carbocycles. The zero-order valence-electron chi connectivity index (χ0n) is 9.87. The fourth-order valence-electron chi connectivity index (χ4n) is 1.76. The van der Waals surface area contributed by atoms with Crippen molar-refractivity contribution in [2.75, 3.05) is 21.0 Å². The van der Waals surface area contributed by atoms with Gasteiger partial charge in [-0.3, -0.25) is 0 Å². The summed E-state index contributed by atoms with van der Waals surface area (Å²) in [5.74, 6) is 2.23. The number of rotatable bonds is 4. The maximum absolute atomic E-state index is 5.37. The van der Waals surface area contributed by atoms with Gasteiger partial charge in [-0.25, -0.2) is 0 Å². The highest BCUT2D eigenvalue weighted by atomic mass is 16.7. The van der Waals surface area contributed by atoms with Crippen molar-refractivity contribution >= 4 is 0 Å². The summed E-state index contributed by atoms with van der Waals surface area (Å²) in [6.45, 7) is 2.41. The van der Waals surface area contributed by atoms with Gasteiger partial charge in [0.1, 0.15) is 0 Å². The van der Waals surface area contributed by atoms with Crippen LogP contribution in [0.3, 0.4) is 0 Å². The minimum absolute atomic E-state index is 0.275. The molecule has 0 aliphatic carbocycles. The van der Waals surface area contributed by atoms with Gasteiger partial charge in [0.2, 0.25) is 12.5 Å². The molecule has 1 aliphatic heterocycles. The lowest BCUT2D eigenvalue weighted by atomic mass is 10.1. The van der Waals surface area contributed by atoms with E-state index in [1.807, 2.05) is 19.2 Å². The molecule has 0 saturated carbocycles. The Labute approximate surface area is 95.5 Å². The molecule has 0 radical (unpaired) electrons. The number of nitrogens with one attached hydrogen (secondary N) is 1. The first kappa shape index (κ1) is 11.1. The minimum atomic E-state index is 0.275. The van der Waals surface area contributed by atoms with E-state index >= 15 is 0 Å². The molecule has 0 unspecified atom stereocenters. The molecule has 88 valence electrons. The lowest BCUT2D eigenvalue weighted by Crippen LogP contribution is -2.23. The van der Waals surface area contributed by atoms with Crippen LogP contribution in [0.4, 0.5) is 0 Å². The van der Waals surface area contributed by atoms with Crippen molar-refractivity contribution in [3.63, 3.8) is 0 Å². The third-order valence-corrected chi connectivity index (χ3v) is 2.75. The summed E-state index contributed by atoms with van der Waals surface area (Å²) in [6, 6.07) is 4.44. The lowest BCUT2D eigenvalue weighted by Gasteiger charge is -2.12. The topological polar surface area (TPSA) is 39.7 Å². The van der Waals surface area contributed by atoms with Crippen LogP contribution in [0.15, 0.2) is 12.1 Å². The van der Waals surface area contributed by atoms with E-state index < -0.39 is 0 Å². The SMILES string of the molecule is CN[C@H](C)Cc1cc(OC)c2c(c1)OCO2. The van der Waals surface area contributed by atoms with Crippen LogP contribution in [-0.2, 0) is 6.42 Å². The van der Waals surface area contributed by atoms with E-state index in [4.69, 9.17) is 14.2 Å². The Balaban J connectivity index is 2.27. The van der Waals surface area contributed by atoms with Crippen LogP contribution < -0.4 is 19.5 Å². The smallest absolute Gasteiger partial charge is 0.231 e. The van der Waals surface area contributed by atoms with Gasteiger partial charge in [0, 0.05) is 6.04 Å². The standard InChI is InChI=1S/C12H17NO3/c1-8(13-2)4-9-5-10(14-3)12-11(6-9)15-7-16-12/h5-6,8,13H,4,7H2,1-3H3/t8-/m1/s1.